The number of hydrogen-bond donors (Lipinski definition) is 1. The Bertz CT molecular complexity index is 664. The molecule has 0 saturated carbocycles. The summed E-state index contributed by atoms with van der Waals surface area (Å²) in [5, 5.41) is 3.24. The Hall–Kier alpha value is -1.37. The number of carbonyl (C=O) groups is 1. The van der Waals surface area contributed by atoms with E-state index in [1.54, 1.807) is 23.1 Å². The topological polar surface area (TPSA) is 45.2 Å². The monoisotopic (exact) mass is 345 g/mol. The summed E-state index contributed by atoms with van der Waals surface area (Å²) >= 11 is 3.30. The number of nitrogens with one attached hydrogen (secondary N) is 1. The molecule has 120 valence electrons. The van der Waals surface area contributed by atoms with Crippen molar-refractivity contribution in [2.24, 2.45) is 5.92 Å². The van der Waals surface area contributed by atoms with Gasteiger partial charge in [0.15, 0.2) is 0 Å². The predicted octanol–water partition coefficient (Wildman–Crippen LogP) is 3.12. The molecule has 6 heteroatoms. The predicted molar refractivity (Wildman–Crippen MR) is 93.1 cm³/mol. The average Bonchev–Trinajstić information content (AvgIpc) is 3.09. The van der Waals surface area contributed by atoms with Crippen molar-refractivity contribution in [3.05, 3.63) is 41.5 Å². The highest BCUT2D eigenvalue weighted by molar-refractivity contribution is 8.01. The van der Waals surface area contributed by atoms with Crippen molar-refractivity contribution >= 4 is 29.0 Å². The van der Waals surface area contributed by atoms with Gasteiger partial charge in [-0.05, 0) is 56.1 Å². The van der Waals surface area contributed by atoms with Gasteiger partial charge < -0.3 is 10.2 Å². The normalized spacial score (nSPS) is 26.2. The van der Waals surface area contributed by atoms with Crippen LogP contribution in [0.15, 0.2) is 45.1 Å². The number of piperidine rings is 3. The molecule has 23 heavy (non-hydrogen) atoms. The molecule has 5 rings (SSSR count). The van der Waals surface area contributed by atoms with Crippen molar-refractivity contribution in [3.63, 3.8) is 0 Å². The summed E-state index contributed by atoms with van der Waals surface area (Å²) in [5.74, 6) is 0.711. The van der Waals surface area contributed by atoms with E-state index in [0.29, 0.717) is 12.0 Å². The Morgan fingerprint density at radius 1 is 1.26 bits per heavy atom. The van der Waals surface area contributed by atoms with Gasteiger partial charge in [0.05, 0.1) is 15.9 Å². The van der Waals surface area contributed by atoms with Crippen molar-refractivity contribution in [1.82, 2.24) is 15.2 Å². The van der Waals surface area contributed by atoms with E-state index in [2.05, 4.69) is 15.2 Å². The molecule has 3 aliphatic rings. The highest BCUT2D eigenvalue weighted by Gasteiger charge is 2.34. The first-order valence-corrected chi connectivity index (χ1v) is 9.67. The van der Waals surface area contributed by atoms with Gasteiger partial charge in [-0.1, -0.05) is 11.8 Å². The van der Waals surface area contributed by atoms with Crippen molar-refractivity contribution in [1.29, 1.82) is 0 Å². The summed E-state index contributed by atoms with van der Waals surface area (Å²) in [4.78, 5) is 20.1. The van der Waals surface area contributed by atoms with Gasteiger partial charge in [-0.25, -0.2) is 0 Å². The zero-order chi connectivity index (χ0) is 15.6. The van der Waals surface area contributed by atoms with E-state index in [4.69, 9.17) is 0 Å². The van der Waals surface area contributed by atoms with Crippen LogP contribution in [0, 0.1) is 5.92 Å². The van der Waals surface area contributed by atoms with Crippen LogP contribution in [0.3, 0.4) is 0 Å². The molecule has 1 aromatic carbocycles. The molecule has 4 nitrogen and oxygen atoms in total. The lowest BCUT2D eigenvalue weighted by atomic mass is 9.84. The highest BCUT2D eigenvalue weighted by atomic mass is 32.2. The second kappa shape index (κ2) is 6.63. The van der Waals surface area contributed by atoms with Crippen LogP contribution in [-0.2, 0) is 0 Å². The first-order chi connectivity index (χ1) is 11.3. The van der Waals surface area contributed by atoms with Crippen LogP contribution in [0.1, 0.15) is 23.2 Å². The quantitative estimate of drug-likeness (QED) is 0.925. The Morgan fingerprint density at radius 2 is 2.04 bits per heavy atom. The molecule has 3 aliphatic heterocycles. The van der Waals surface area contributed by atoms with Crippen LogP contribution in [0.2, 0.25) is 0 Å². The first kappa shape index (κ1) is 15.2. The fraction of sp³-hybridized carbons (Fsp3) is 0.412. The summed E-state index contributed by atoms with van der Waals surface area (Å²) in [6.45, 7) is 3.40. The first-order valence-electron chi connectivity index (χ1n) is 7.97. The molecule has 0 aliphatic carbocycles. The minimum atomic E-state index is 0.0538. The van der Waals surface area contributed by atoms with Crippen LogP contribution < -0.4 is 5.32 Å². The molecule has 1 atom stereocenters. The fourth-order valence-electron chi connectivity index (χ4n) is 3.43. The van der Waals surface area contributed by atoms with Crippen molar-refractivity contribution in [2.45, 2.75) is 28.0 Å². The van der Waals surface area contributed by atoms with Crippen molar-refractivity contribution in [3.8, 4) is 0 Å². The summed E-state index contributed by atoms with van der Waals surface area (Å²) in [7, 11) is 0. The Morgan fingerprint density at radius 3 is 2.65 bits per heavy atom. The molecule has 3 fully saturated rings. The molecule has 2 bridgehead atoms. The molecule has 0 spiro atoms. The fourth-order valence-corrected chi connectivity index (χ4v) is 5.00. The summed E-state index contributed by atoms with van der Waals surface area (Å²) in [6.07, 6.45) is 4.30. The molecule has 1 N–H and O–H groups in total. The van der Waals surface area contributed by atoms with Crippen LogP contribution in [-0.4, -0.2) is 41.5 Å². The minimum absolute atomic E-state index is 0.0538. The van der Waals surface area contributed by atoms with E-state index in [-0.39, 0.29) is 5.91 Å². The van der Waals surface area contributed by atoms with Crippen molar-refractivity contribution in [2.75, 3.05) is 19.6 Å². The second-order valence-electron chi connectivity index (χ2n) is 6.16. The van der Waals surface area contributed by atoms with Gasteiger partial charge in [0, 0.05) is 23.0 Å². The largest absolute Gasteiger partial charge is 0.348 e. The van der Waals surface area contributed by atoms with Crippen molar-refractivity contribution < 1.29 is 4.79 Å². The molecule has 1 aromatic heterocycles. The summed E-state index contributed by atoms with van der Waals surface area (Å²) in [5.41, 5.74) is 2.58. The van der Waals surface area contributed by atoms with E-state index < -0.39 is 0 Å². The van der Waals surface area contributed by atoms with Gasteiger partial charge >= 0.3 is 0 Å². The Kier molecular flexibility index (Phi) is 4.37. The molecule has 0 unspecified atom stereocenters. The number of carbonyl (C=O) groups excluding carboxylic acids is 1. The highest BCUT2D eigenvalue weighted by Crippen LogP contribution is 2.30. The smallest absolute Gasteiger partial charge is 0.251 e. The molecular weight excluding hydrogens is 326 g/mol. The van der Waals surface area contributed by atoms with E-state index in [9.17, 15) is 4.79 Å². The second-order valence-corrected chi connectivity index (χ2v) is 8.43. The molecule has 2 aromatic rings. The summed E-state index contributed by atoms with van der Waals surface area (Å²) in [6, 6.07) is 8.17. The average molecular weight is 345 g/mol. The third kappa shape index (κ3) is 3.44. The standard InChI is InChI=1S/C17H19N3OS2/c21-17(19-15-10-20-7-5-12(15)6-8-20)13-1-3-14(4-2-13)23-16-9-18-11-22-16/h1-4,9,11-12,15H,5-8,10H2,(H,19,21)/t15-/m0/s1. The lowest BCUT2D eigenvalue weighted by Gasteiger charge is -2.44. The molecule has 3 saturated heterocycles. The van der Waals surface area contributed by atoms with Crippen LogP contribution in [0.4, 0.5) is 0 Å². The lowest BCUT2D eigenvalue weighted by Crippen LogP contribution is -2.57. The van der Waals surface area contributed by atoms with Gasteiger partial charge in [-0.2, -0.15) is 0 Å². The van der Waals surface area contributed by atoms with Gasteiger partial charge in [0.2, 0.25) is 0 Å². The van der Waals surface area contributed by atoms with E-state index >= 15 is 0 Å². The zero-order valence-electron chi connectivity index (χ0n) is 12.8. The molecule has 0 radical (unpaired) electrons. The zero-order valence-corrected chi connectivity index (χ0v) is 14.4. The number of benzene rings is 1. The van der Waals surface area contributed by atoms with Gasteiger partial charge in [0.1, 0.15) is 0 Å². The van der Waals surface area contributed by atoms with Crippen LogP contribution >= 0.6 is 23.1 Å². The summed E-state index contributed by atoms with van der Waals surface area (Å²) < 4.78 is 1.16. The maximum atomic E-state index is 12.5. The lowest BCUT2D eigenvalue weighted by molar-refractivity contribution is 0.0620. The number of amides is 1. The number of thiazole rings is 1. The molecule has 4 heterocycles. The molecular formula is C17H19N3OS2. The number of nitrogens with zero attached hydrogens (tertiary/aromatic N) is 2. The molecule has 1 amide bonds. The van der Waals surface area contributed by atoms with Crippen LogP contribution in [0.25, 0.3) is 0 Å². The van der Waals surface area contributed by atoms with Gasteiger partial charge in [-0.15, -0.1) is 11.3 Å². The maximum absolute atomic E-state index is 12.5. The Labute approximate surface area is 144 Å². The number of aromatic nitrogens is 1. The van der Waals surface area contributed by atoms with E-state index in [1.165, 1.54) is 25.9 Å². The minimum Gasteiger partial charge on any atom is -0.348 e. The number of hydrogen-bond acceptors (Lipinski definition) is 5. The number of rotatable bonds is 4. The van der Waals surface area contributed by atoms with E-state index in [0.717, 1.165) is 21.2 Å². The Balaban J connectivity index is 1.38. The third-order valence-electron chi connectivity index (χ3n) is 4.72. The third-order valence-corrected chi connectivity index (χ3v) is 6.64. The van der Waals surface area contributed by atoms with E-state index in [1.807, 2.05) is 36.0 Å². The van der Waals surface area contributed by atoms with Crippen LogP contribution in [0.5, 0.6) is 0 Å². The maximum Gasteiger partial charge on any atom is 0.251 e. The van der Waals surface area contributed by atoms with Gasteiger partial charge in [-0.3, -0.25) is 9.78 Å². The SMILES string of the molecule is O=C(N[C@H]1CN2CCC1CC2)c1ccc(Sc2cncs2)cc1. The van der Waals surface area contributed by atoms with Gasteiger partial charge in [0.25, 0.3) is 5.91 Å². The number of fused-ring (bicyclic) bond motifs is 3.